The zero-order chi connectivity index (χ0) is 19.4. The van der Waals surface area contributed by atoms with Crippen LogP contribution in [0, 0.1) is 13.8 Å². The maximum atomic E-state index is 12.6. The maximum absolute atomic E-state index is 12.6. The summed E-state index contributed by atoms with van der Waals surface area (Å²) in [6.45, 7) is 7.88. The van der Waals surface area contributed by atoms with Gasteiger partial charge in [-0.05, 0) is 79.3 Å². The molecule has 0 bridgehead atoms. The van der Waals surface area contributed by atoms with Crippen LogP contribution >= 0.6 is 12.2 Å². The standard InChI is InChI=1S/C21H24N4OS/c1-4-23-21(27)25(12-16-6-5-7-22-11-16)13-18-10-17-8-14(2)15(3)9-19(17)24-20(18)26/h5-11H,4,12-13H2,1-3H3,(H,23,27)(H,24,26). The predicted molar refractivity (Wildman–Crippen MR) is 114 cm³/mol. The quantitative estimate of drug-likeness (QED) is 0.664. The van der Waals surface area contributed by atoms with Crippen LogP contribution in [0.25, 0.3) is 10.9 Å². The van der Waals surface area contributed by atoms with E-state index >= 15 is 0 Å². The Kier molecular flexibility index (Phi) is 5.86. The second-order valence-corrected chi connectivity index (χ2v) is 7.09. The number of nitrogens with one attached hydrogen (secondary N) is 2. The first-order chi connectivity index (χ1) is 13.0. The van der Waals surface area contributed by atoms with Crippen LogP contribution < -0.4 is 10.9 Å². The lowest BCUT2D eigenvalue weighted by molar-refractivity contribution is 0.398. The highest BCUT2D eigenvalue weighted by molar-refractivity contribution is 7.80. The lowest BCUT2D eigenvalue weighted by atomic mass is 10.0. The second kappa shape index (κ2) is 8.31. The van der Waals surface area contributed by atoms with Gasteiger partial charge in [0.05, 0.1) is 6.54 Å². The third-order valence-electron chi connectivity index (χ3n) is 4.61. The fourth-order valence-electron chi connectivity index (χ4n) is 3.02. The zero-order valence-corrected chi connectivity index (χ0v) is 16.7. The molecule has 3 aromatic rings. The minimum atomic E-state index is -0.0822. The minimum absolute atomic E-state index is 0.0822. The van der Waals surface area contributed by atoms with E-state index in [2.05, 4.69) is 28.3 Å². The van der Waals surface area contributed by atoms with E-state index in [0.29, 0.717) is 23.8 Å². The van der Waals surface area contributed by atoms with E-state index in [-0.39, 0.29) is 5.56 Å². The van der Waals surface area contributed by atoms with Gasteiger partial charge in [0.15, 0.2) is 5.11 Å². The van der Waals surface area contributed by atoms with E-state index < -0.39 is 0 Å². The zero-order valence-electron chi connectivity index (χ0n) is 15.9. The van der Waals surface area contributed by atoms with E-state index in [9.17, 15) is 4.79 Å². The van der Waals surface area contributed by atoms with E-state index in [1.807, 2.05) is 49.2 Å². The molecular formula is C21H24N4OS. The Labute approximate surface area is 164 Å². The van der Waals surface area contributed by atoms with Crippen molar-refractivity contribution in [1.82, 2.24) is 20.2 Å². The largest absolute Gasteiger partial charge is 0.363 e. The first-order valence-corrected chi connectivity index (χ1v) is 9.43. The first-order valence-electron chi connectivity index (χ1n) is 9.02. The molecule has 6 heteroatoms. The van der Waals surface area contributed by atoms with Gasteiger partial charge in [-0.25, -0.2) is 0 Å². The molecule has 2 heterocycles. The van der Waals surface area contributed by atoms with Crippen LogP contribution in [0.3, 0.4) is 0 Å². The summed E-state index contributed by atoms with van der Waals surface area (Å²) in [5.74, 6) is 0. The van der Waals surface area contributed by atoms with E-state index in [1.165, 1.54) is 5.56 Å². The number of fused-ring (bicyclic) bond motifs is 1. The lowest BCUT2D eigenvalue weighted by Gasteiger charge is -2.25. The van der Waals surface area contributed by atoms with Crippen molar-refractivity contribution in [3.8, 4) is 0 Å². The van der Waals surface area contributed by atoms with Crippen LogP contribution in [0.15, 0.2) is 47.5 Å². The summed E-state index contributed by atoms with van der Waals surface area (Å²) in [5.41, 5.74) is 4.88. The highest BCUT2D eigenvalue weighted by atomic mass is 32.1. The molecule has 0 aliphatic carbocycles. The molecule has 0 saturated heterocycles. The molecule has 2 aromatic heterocycles. The molecule has 0 aliphatic heterocycles. The topological polar surface area (TPSA) is 61.0 Å². The number of aromatic amines is 1. The summed E-state index contributed by atoms with van der Waals surface area (Å²) in [7, 11) is 0. The summed E-state index contributed by atoms with van der Waals surface area (Å²) in [4.78, 5) is 21.8. The van der Waals surface area contributed by atoms with Crippen molar-refractivity contribution in [3.05, 3.63) is 75.3 Å². The van der Waals surface area contributed by atoms with Crippen molar-refractivity contribution in [2.75, 3.05) is 6.54 Å². The van der Waals surface area contributed by atoms with Gasteiger partial charge in [0.1, 0.15) is 0 Å². The summed E-state index contributed by atoms with van der Waals surface area (Å²) in [6.07, 6.45) is 3.56. The van der Waals surface area contributed by atoms with E-state index in [0.717, 1.165) is 28.6 Å². The molecule has 1 aromatic carbocycles. The van der Waals surface area contributed by atoms with Crippen molar-refractivity contribution in [1.29, 1.82) is 0 Å². The average molecular weight is 381 g/mol. The third kappa shape index (κ3) is 4.52. The molecule has 3 rings (SSSR count). The van der Waals surface area contributed by atoms with Crippen LogP contribution in [-0.2, 0) is 13.1 Å². The molecular weight excluding hydrogens is 356 g/mol. The number of benzene rings is 1. The second-order valence-electron chi connectivity index (χ2n) is 6.70. The van der Waals surface area contributed by atoms with Gasteiger partial charge in [-0.1, -0.05) is 6.07 Å². The van der Waals surface area contributed by atoms with Gasteiger partial charge in [-0.3, -0.25) is 9.78 Å². The third-order valence-corrected chi connectivity index (χ3v) is 5.01. The molecule has 0 saturated carbocycles. The summed E-state index contributed by atoms with van der Waals surface area (Å²) < 4.78 is 0. The number of hydrogen-bond acceptors (Lipinski definition) is 3. The van der Waals surface area contributed by atoms with Gasteiger partial charge >= 0.3 is 0 Å². The molecule has 0 amide bonds. The number of aryl methyl sites for hydroxylation is 2. The number of rotatable bonds is 5. The Morgan fingerprint density at radius 2 is 2.00 bits per heavy atom. The van der Waals surface area contributed by atoms with Gasteiger partial charge in [0.25, 0.3) is 5.56 Å². The highest BCUT2D eigenvalue weighted by Crippen LogP contribution is 2.18. The van der Waals surface area contributed by atoms with Gasteiger partial charge in [-0.2, -0.15) is 0 Å². The predicted octanol–water partition coefficient (Wildman–Crippen LogP) is 3.44. The summed E-state index contributed by atoms with van der Waals surface area (Å²) in [5, 5.41) is 4.84. The minimum Gasteiger partial charge on any atom is -0.363 e. The average Bonchev–Trinajstić information content (AvgIpc) is 2.64. The number of aromatic nitrogens is 2. The first kappa shape index (κ1) is 19.0. The lowest BCUT2D eigenvalue weighted by Crippen LogP contribution is -2.39. The molecule has 0 radical (unpaired) electrons. The molecule has 0 atom stereocenters. The highest BCUT2D eigenvalue weighted by Gasteiger charge is 2.14. The Hall–Kier alpha value is -2.73. The molecule has 0 aliphatic rings. The Morgan fingerprint density at radius 1 is 1.22 bits per heavy atom. The Morgan fingerprint density at radius 3 is 2.70 bits per heavy atom. The van der Waals surface area contributed by atoms with Crippen LogP contribution in [0.2, 0.25) is 0 Å². The molecule has 5 nitrogen and oxygen atoms in total. The van der Waals surface area contributed by atoms with Crippen LogP contribution in [0.1, 0.15) is 29.2 Å². The smallest absolute Gasteiger partial charge is 0.253 e. The fraction of sp³-hybridized carbons (Fsp3) is 0.286. The molecule has 27 heavy (non-hydrogen) atoms. The van der Waals surface area contributed by atoms with Crippen LogP contribution in [0.5, 0.6) is 0 Å². The van der Waals surface area contributed by atoms with E-state index in [4.69, 9.17) is 12.2 Å². The maximum Gasteiger partial charge on any atom is 0.253 e. The fourth-order valence-corrected chi connectivity index (χ4v) is 3.29. The Balaban J connectivity index is 1.94. The molecule has 140 valence electrons. The number of H-pyrrole nitrogens is 1. The summed E-state index contributed by atoms with van der Waals surface area (Å²) in [6, 6.07) is 10.00. The van der Waals surface area contributed by atoms with Crippen molar-refractivity contribution in [3.63, 3.8) is 0 Å². The normalized spacial score (nSPS) is 10.8. The number of pyridine rings is 2. The SMILES string of the molecule is CCNC(=S)N(Cc1cccnc1)Cc1cc2cc(C)c(C)cc2[nH]c1=O. The van der Waals surface area contributed by atoms with Gasteiger partial charge in [0, 0.05) is 36.6 Å². The van der Waals surface area contributed by atoms with Crippen LogP contribution in [-0.4, -0.2) is 26.5 Å². The summed E-state index contributed by atoms with van der Waals surface area (Å²) >= 11 is 5.53. The molecule has 0 spiro atoms. The van der Waals surface area contributed by atoms with Crippen molar-refractivity contribution in [2.24, 2.45) is 0 Å². The molecule has 2 N–H and O–H groups in total. The molecule has 0 fully saturated rings. The Bertz CT molecular complexity index is 1010. The number of thiocarbonyl (C=S) groups is 1. The van der Waals surface area contributed by atoms with Crippen molar-refractivity contribution < 1.29 is 0 Å². The molecule has 0 unspecified atom stereocenters. The van der Waals surface area contributed by atoms with E-state index in [1.54, 1.807) is 6.20 Å². The number of hydrogen-bond donors (Lipinski definition) is 2. The van der Waals surface area contributed by atoms with Crippen molar-refractivity contribution >= 4 is 28.2 Å². The van der Waals surface area contributed by atoms with Gasteiger partial charge < -0.3 is 15.2 Å². The van der Waals surface area contributed by atoms with Crippen LogP contribution in [0.4, 0.5) is 0 Å². The monoisotopic (exact) mass is 380 g/mol. The number of nitrogens with zero attached hydrogens (tertiary/aromatic N) is 2. The van der Waals surface area contributed by atoms with Crippen molar-refractivity contribution in [2.45, 2.75) is 33.9 Å². The van der Waals surface area contributed by atoms with Gasteiger partial charge in [0.2, 0.25) is 0 Å². The van der Waals surface area contributed by atoms with Gasteiger partial charge in [-0.15, -0.1) is 0 Å².